The van der Waals surface area contributed by atoms with Gasteiger partial charge < -0.3 is 9.47 Å². The Hall–Kier alpha value is -2.67. The molecule has 0 aliphatic rings. The topological polar surface area (TPSA) is 86.7 Å². The maximum absolute atomic E-state index is 12.3. The smallest absolute Gasteiger partial charge is 0.307 e. The third kappa shape index (κ3) is 5.65. The number of carbonyl (C=O) groups is 2. The van der Waals surface area contributed by atoms with Crippen molar-refractivity contribution in [3.63, 3.8) is 0 Å². The predicted octanol–water partition coefficient (Wildman–Crippen LogP) is 3.11. The first-order valence-electron chi connectivity index (χ1n) is 8.36. The lowest BCUT2D eigenvalue weighted by Gasteiger charge is -2.11. The minimum absolute atomic E-state index is 0.103. The van der Waals surface area contributed by atoms with Gasteiger partial charge in [-0.15, -0.1) is 0 Å². The molecular weight excluding hydrogens is 368 g/mol. The highest BCUT2D eigenvalue weighted by Gasteiger charge is 2.17. The van der Waals surface area contributed by atoms with E-state index >= 15 is 0 Å². The molecule has 0 spiro atoms. The summed E-state index contributed by atoms with van der Waals surface area (Å²) in [5, 5.41) is 0. The Balaban J connectivity index is 1.97. The fourth-order valence-electron chi connectivity index (χ4n) is 2.42. The molecule has 6 nitrogen and oxygen atoms in total. The Bertz CT molecular complexity index is 929. The van der Waals surface area contributed by atoms with E-state index in [9.17, 15) is 18.0 Å². The minimum atomic E-state index is -3.56. The van der Waals surface area contributed by atoms with E-state index in [1.807, 2.05) is 6.92 Å². The second kappa shape index (κ2) is 8.81. The van der Waals surface area contributed by atoms with E-state index in [2.05, 4.69) is 0 Å². The largest absolute Gasteiger partial charge is 0.496 e. The van der Waals surface area contributed by atoms with Crippen LogP contribution in [-0.4, -0.2) is 33.0 Å². The SMILES string of the molecule is COc1ccc(C(C)=O)cc1COC(=O)CCS(=O)(=O)c1ccc(C)cc1. The normalized spacial score (nSPS) is 11.1. The van der Waals surface area contributed by atoms with Gasteiger partial charge in [0.05, 0.1) is 24.2 Å². The molecule has 0 unspecified atom stereocenters. The third-order valence-corrected chi connectivity index (χ3v) is 5.76. The van der Waals surface area contributed by atoms with E-state index in [-0.39, 0.29) is 29.5 Å². The molecule has 2 rings (SSSR count). The standard InChI is InChI=1S/C20H22O6S/c1-14-4-7-18(8-5-14)27(23,24)11-10-20(22)26-13-17-12-16(15(2)21)6-9-19(17)25-3/h4-9,12H,10-11,13H2,1-3H3. The summed E-state index contributed by atoms with van der Waals surface area (Å²) >= 11 is 0. The van der Waals surface area contributed by atoms with Crippen LogP contribution in [0.5, 0.6) is 5.75 Å². The van der Waals surface area contributed by atoms with Crippen LogP contribution < -0.4 is 4.74 Å². The average Bonchev–Trinajstić information content (AvgIpc) is 2.64. The molecule has 0 saturated carbocycles. The summed E-state index contributed by atoms with van der Waals surface area (Å²) in [6.45, 7) is 3.20. The molecular formula is C20H22O6S. The summed E-state index contributed by atoms with van der Waals surface area (Å²) in [7, 11) is -2.08. The number of carbonyl (C=O) groups excluding carboxylic acids is 2. The Morgan fingerprint density at radius 2 is 1.70 bits per heavy atom. The first-order valence-corrected chi connectivity index (χ1v) is 10.0. The number of ketones is 1. The molecule has 0 aliphatic carbocycles. The number of sulfone groups is 1. The van der Waals surface area contributed by atoms with Crippen LogP contribution in [0.1, 0.15) is 34.8 Å². The number of rotatable bonds is 8. The Morgan fingerprint density at radius 3 is 2.30 bits per heavy atom. The van der Waals surface area contributed by atoms with Crippen LogP contribution in [0, 0.1) is 6.92 Å². The summed E-state index contributed by atoms with van der Waals surface area (Å²) in [6, 6.07) is 11.3. The van der Waals surface area contributed by atoms with E-state index in [1.54, 1.807) is 30.3 Å². The van der Waals surface area contributed by atoms with Crippen LogP contribution >= 0.6 is 0 Å². The molecule has 27 heavy (non-hydrogen) atoms. The van der Waals surface area contributed by atoms with Gasteiger partial charge in [-0.25, -0.2) is 8.42 Å². The highest BCUT2D eigenvalue weighted by atomic mass is 32.2. The number of hydrogen-bond donors (Lipinski definition) is 0. The molecule has 7 heteroatoms. The summed E-state index contributed by atoms with van der Waals surface area (Å²) in [5.74, 6) is -0.602. The van der Waals surface area contributed by atoms with E-state index in [0.717, 1.165) is 5.56 Å². The molecule has 0 bridgehead atoms. The van der Waals surface area contributed by atoms with Crippen molar-refractivity contribution in [1.82, 2.24) is 0 Å². The molecule has 0 atom stereocenters. The zero-order valence-corrected chi connectivity index (χ0v) is 16.3. The Kier molecular flexibility index (Phi) is 6.74. The number of methoxy groups -OCH3 is 1. The van der Waals surface area contributed by atoms with Crippen molar-refractivity contribution in [2.45, 2.75) is 31.8 Å². The minimum Gasteiger partial charge on any atom is -0.496 e. The lowest BCUT2D eigenvalue weighted by molar-refractivity contribution is -0.144. The van der Waals surface area contributed by atoms with Crippen LogP contribution in [0.2, 0.25) is 0 Å². The molecule has 0 N–H and O–H groups in total. The lowest BCUT2D eigenvalue weighted by atomic mass is 10.1. The molecule has 0 radical (unpaired) electrons. The first-order chi connectivity index (χ1) is 12.7. The highest BCUT2D eigenvalue weighted by molar-refractivity contribution is 7.91. The summed E-state index contributed by atoms with van der Waals surface area (Å²) in [6.07, 6.45) is -0.259. The van der Waals surface area contributed by atoms with Gasteiger partial charge in [0.1, 0.15) is 12.4 Å². The van der Waals surface area contributed by atoms with Crippen molar-refractivity contribution in [2.75, 3.05) is 12.9 Å². The highest BCUT2D eigenvalue weighted by Crippen LogP contribution is 2.21. The molecule has 0 aromatic heterocycles. The van der Waals surface area contributed by atoms with Crippen molar-refractivity contribution < 1.29 is 27.5 Å². The van der Waals surface area contributed by atoms with E-state index in [0.29, 0.717) is 16.9 Å². The quantitative estimate of drug-likeness (QED) is 0.508. The fourth-order valence-corrected chi connectivity index (χ4v) is 3.64. The van der Waals surface area contributed by atoms with Gasteiger partial charge in [-0.05, 0) is 44.2 Å². The van der Waals surface area contributed by atoms with Gasteiger partial charge in [-0.2, -0.15) is 0 Å². The predicted molar refractivity (Wildman–Crippen MR) is 101 cm³/mol. The summed E-state index contributed by atoms with van der Waals surface area (Å²) in [5.41, 5.74) is 1.97. The Morgan fingerprint density at radius 1 is 1.04 bits per heavy atom. The number of esters is 1. The lowest BCUT2D eigenvalue weighted by Crippen LogP contribution is -2.14. The van der Waals surface area contributed by atoms with E-state index < -0.39 is 15.8 Å². The van der Waals surface area contributed by atoms with Crippen LogP contribution in [0.15, 0.2) is 47.4 Å². The molecule has 144 valence electrons. The number of hydrogen-bond acceptors (Lipinski definition) is 6. The molecule has 2 aromatic rings. The van der Waals surface area contributed by atoms with Gasteiger partial charge in [0.15, 0.2) is 15.6 Å². The summed E-state index contributed by atoms with van der Waals surface area (Å²) in [4.78, 5) is 23.6. The maximum Gasteiger partial charge on any atom is 0.307 e. The zero-order chi connectivity index (χ0) is 20.0. The van der Waals surface area contributed by atoms with E-state index in [1.165, 1.54) is 26.2 Å². The number of Topliss-reactive ketones (excluding diaryl/α,β-unsaturated/α-hetero) is 1. The van der Waals surface area contributed by atoms with E-state index in [4.69, 9.17) is 9.47 Å². The average molecular weight is 390 g/mol. The van der Waals surface area contributed by atoms with Crippen molar-refractivity contribution in [2.24, 2.45) is 0 Å². The van der Waals surface area contributed by atoms with Crippen molar-refractivity contribution >= 4 is 21.6 Å². The molecule has 0 amide bonds. The van der Waals surface area contributed by atoms with Crippen LogP contribution in [-0.2, 0) is 26.0 Å². The number of ether oxygens (including phenoxy) is 2. The zero-order valence-electron chi connectivity index (χ0n) is 15.5. The first kappa shape index (κ1) is 20.6. The van der Waals surface area contributed by atoms with Gasteiger partial charge in [0.2, 0.25) is 0 Å². The van der Waals surface area contributed by atoms with Crippen LogP contribution in [0.3, 0.4) is 0 Å². The van der Waals surface area contributed by atoms with Gasteiger partial charge in [-0.1, -0.05) is 17.7 Å². The van der Waals surface area contributed by atoms with Crippen molar-refractivity contribution in [3.8, 4) is 5.75 Å². The molecule has 0 heterocycles. The second-order valence-electron chi connectivity index (χ2n) is 6.13. The number of benzene rings is 2. The second-order valence-corrected chi connectivity index (χ2v) is 8.23. The number of aryl methyl sites for hydroxylation is 1. The Labute approximate surface area is 159 Å². The maximum atomic E-state index is 12.3. The third-order valence-electron chi connectivity index (χ3n) is 4.03. The summed E-state index contributed by atoms with van der Waals surface area (Å²) < 4.78 is 34.9. The van der Waals surface area contributed by atoms with Gasteiger partial charge in [0, 0.05) is 11.1 Å². The van der Waals surface area contributed by atoms with Crippen molar-refractivity contribution in [3.05, 3.63) is 59.2 Å². The van der Waals surface area contributed by atoms with Gasteiger partial charge >= 0.3 is 5.97 Å². The molecule has 0 aliphatic heterocycles. The fraction of sp³-hybridized carbons (Fsp3) is 0.300. The van der Waals surface area contributed by atoms with Gasteiger partial charge in [0.25, 0.3) is 0 Å². The van der Waals surface area contributed by atoms with Crippen LogP contribution in [0.25, 0.3) is 0 Å². The monoisotopic (exact) mass is 390 g/mol. The van der Waals surface area contributed by atoms with Crippen LogP contribution in [0.4, 0.5) is 0 Å². The molecule has 2 aromatic carbocycles. The molecule has 0 fully saturated rings. The molecule has 0 saturated heterocycles. The van der Waals surface area contributed by atoms with Crippen molar-refractivity contribution in [1.29, 1.82) is 0 Å². The van der Waals surface area contributed by atoms with Gasteiger partial charge in [-0.3, -0.25) is 9.59 Å².